The second-order valence-corrected chi connectivity index (χ2v) is 20.5. The first-order valence-corrected chi connectivity index (χ1v) is 23.9. The lowest BCUT2D eigenvalue weighted by atomic mass is 9.84. The van der Waals surface area contributed by atoms with Gasteiger partial charge in [-0.25, -0.2) is 5.43 Å². The van der Waals surface area contributed by atoms with Crippen molar-refractivity contribution in [2.45, 2.75) is 124 Å². The molecular formula is C50H72N9O7+. The quantitative estimate of drug-likeness (QED) is 0.0954. The van der Waals surface area contributed by atoms with Crippen LogP contribution in [-0.4, -0.2) is 131 Å². The van der Waals surface area contributed by atoms with E-state index in [1.165, 1.54) is 16.6 Å². The van der Waals surface area contributed by atoms with Crippen molar-refractivity contribution in [3.63, 3.8) is 0 Å². The predicted octanol–water partition coefficient (Wildman–Crippen LogP) is 5.97. The minimum absolute atomic E-state index is 0.0717. The van der Waals surface area contributed by atoms with E-state index in [9.17, 15) is 24.1 Å². The summed E-state index contributed by atoms with van der Waals surface area (Å²) in [5.74, 6) is -1.09. The minimum atomic E-state index is -0.850. The van der Waals surface area contributed by atoms with Gasteiger partial charge in [0.2, 0.25) is 11.8 Å². The van der Waals surface area contributed by atoms with Gasteiger partial charge in [0.25, 0.3) is 11.9 Å². The van der Waals surface area contributed by atoms with Gasteiger partial charge >= 0.3 is 5.97 Å². The normalized spacial score (nSPS) is 23.2. The second-order valence-electron chi connectivity index (χ2n) is 20.5. The molecule has 16 nitrogen and oxygen atoms in total. The number of carbonyl (C=O) groups is 4. The molecule has 0 saturated carbocycles. The van der Waals surface area contributed by atoms with Crippen LogP contribution in [0.1, 0.15) is 104 Å². The Morgan fingerprint density at radius 1 is 1.14 bits per heavy atom. The molecule has 0 aliphatic carbocycles. The molecule has 6 heterocycles. The molecule has 7 rings (SSSR count). The summed E-state index contributed by atoms with van der Waals surface area (Å²) in [4.78, 5) is 77.9. The molecule has 6 bridgehead atoms. The number of piperidine rings is 1. The van der Waals surface area contributed by atoms with Gasteiger partial charge in [-0.15, -0.1) is 5.01 Å². The Balaban J connectivity index is 1.18. The van der Waals surface area contributed by atoms with Crippen molar-refractivity contribution >= 4 is 40.3 Å². The van der Waals surface area contributed by atoms with Gasteiger partial charge in [-0.1, -0.05) is 34.3 Å². The molecule has 2 N–H and O–H groups in total. The molecule has 5 atom stereocenters. The van der Waals surface area contributed by atoms with Crippen LogP contribution in [0.2, 0.25) is 0 Å². The minimum Gasteiger partial charge on any atom is -0.464 e. The Kier molecular flexibility index (Phi) is 14.9. The number of nitrogens with one attached hydrogen (secondary N) is 2. The zero-order valence-electron chi connectivity index (χ0n) is 40.4. The van der Waals surface area contributed by atoms with E-state index in [1.807, 2.05) is 33.0 Å². The van der Waals surface area contributed by atoms with Crippen LogP contribution in [0.5, 0.6) is 0 Å². The molecule has 4 aliphatic rings. The predicted molar refractivity (Wildman–Crippen MR) is 254 cm³/mol. The van der Waals surface area contributed by atoms with E-state index >= 15 is 0 Å². The van der Waals surface area contributed by atoms with Crippen molar-refractivity contribution in [3.05, 3.63) is 65.3 Å². The first-order chi connectivity index (χ1) is 31.4. The monoisotopic (exact) mass is 911 g/mol. The molecule has 0 spiro atoms. The molecule has 4 aliphatic heterocycles. The highest BCUT2D eigenvalue weighted by molar-refractivity contribution is 5.95. The molecule has 358 valence electrons. The summed E-state index contributed by atoms with van der Waals surface area (Å²) in [5.41, 5.74) is 8.43. The van der Waals surface area contributed by atoms with Crippen molar-refractivity contribution in [2.24, 2.45) is 16.7 Å². The van der Waals surface area contributed by atoms with E-state index in [4.69, 9.17) is 14.5 Å². The van der Waals surface area contributed by atoms with Gasteiger partial charge in [-0.05, 0) is 106 Å². The number of esters is 1. The number of rotatable bonds is 12. The Bertz CT molecular complexity index is 2310. The van der Waals surface area contributed by atoms with E-state index in [1.54, 1.807) is 24.1 Å². The third kappa shape index (κ3) is 10.8. The number of hydrogen-bond donors (Lipinski definition) is 2. The number of cyclic esters (lactones) is 1. The van der Waals surface area contributed by atoms with Crippen LogP contribution in [0, 0.1) is 21.7 Å². The summed E-state index contributed by atoms with van der Waals surface area (Å²) in [7, 11) is 3.41. The average molecular weight is 911 g/mol. The van der Waals surface area contributed by atoms with Crippen LogP contribution in [0.4, 0.5) is 5.69 Å². The lowest BCUT2D eigenvalue weighted by molar-refractivity contribution is -0.729. The standard InChI is InChI=1S/C50H71N9O7/c1-10-44(61)56-24-20-36(30-56)59(64)54(8)31-49(4,5)28-43(60)52-41-25-34-15-13-22-55(29-34)35-18-19-42-38(26-35)39(46(57(42)11-2)37-16-12-21-51-45(37)33(3)65-9)27-50(6,7)32-66-48(63)40-17-14-23-58(53-40)47(41)62/h10,12,16,18-19,21,26,33-34,36,40-41,53H,1,11,13-15,17,20,22-25,27-32H2,2-9H3/p+1/t33-,34-,36-,40-,41-/m0/s1. The van der Waals surface area contributed by atoms with Crippen molar-refractivity contribution in [1.29, 1.82) is 0 Å². The van der Waals surface area contributed by atoms with Crippen LogP contribution in [0.3, 0.4) is 0 Å². The fourth-order valence-electron chi connectivity index (χ4n) is 10.7. The Labute approximate surface area is 389 Å². The van der Waals surface area contributed by atoms with Crippen LogP contribution in [-0.2, 0) is 41.6 Å². The number of pyridine rings is 1. The Hall–Kier alpha value is -5.35. The highest BCUT2D eigenvalue weighted by atomic mass is 16.5. The number of fused-ring (bicyclic) bond motifs is 6. The van der Waals surface area contributed by atoms with Gasteiger partial charge in [0.15, 0.2) is 0 Å². The molecule has 3 amide bonds. The zero-order chi connectivity index (χ0) is 47.5. The molecule has 0 unspecified atom stereocenters. The number of carbonyl (C=O) groups excluding carboxylic acids is 4. The van der Waals surface area contributed by atoms with Crippen molar-refractivity contribution < 1.29 is 33.5 Å². The number of benzene rings is 1. The van der Waals surface area contributed by atoms with E-state index in [2.05, 4.69) is 71.8 Å². The number of anilines is 1. The zero-order valence-corrected chi connectivity index (χ0v) is 40.4. The summed E-state index contributed by atoms with van der Waals surface area (Å²) in [5, 5.41) is 7.36. The summed E-state index contributed by atoms with van der Waals surface area (Å²) < 4.78 is 14.3. The largest absolute Gasteiger partial charge is 0.464 e. The summed E-state index contributed by atoms with van der Waals surface area (Å²) >= 11 is 0. The first kappa shape index (κ1) is 48.6. The first-order valence-electron chi connectivity index (χ1n) is 23.9. The maximum atomic E-state index is 14.6. The van der Waals surface area contributed by atoms with Gasteiger partial charge < -0.3 is 29.2 Å². The van der Waals surface area contributed by atoms with E-state index in [-0.39, 0.29) is 49.3 Å². The molecule has 1 aromatic carbocycles. The van der Waals surface area contributed by atoms with Gasteiger partial charge in [0.1, 0.15) is 17.0 Å². The fraction of sp³-hybridized carbons (Fsp3) is 0.620. The SMILES string of the molecule is C=CC(=O)N1CC[C@H]([N+](=O)N(C)CC(C)(C)CC(=O)N[C@H]2C[C@@H]3CCCN(C3)c3ccc4c(c3)c(c(-c3cccnc3[C@H](C)OC)n4CC)CC(C)(C)COC(=O)[C@@H]3CCCN(N3)C2=O)C1. The number of hydrazine groups is 2. The lowest BCUT2D eigenvalue weighted by Gasteiger charge is -2.39. The summed E-state index contributed by atoms with van der Waals surface area (Å²) in [6.07, 6.45) is 7.43. The number of likely N-dealkylation sites (tertiary alicyclic amines) is 1. The number of nitroso groups, excluding NO2 is 1. The molecule has 66 heavy (non-hydrogen) atoms. The number of aryl methyl sites for hydroxylation is 1. The van der Waals surface area contributed by atoms with Crippen LogP contribution < -0.4 is 15.6 Å². The third-order valence-electron chi connectivity index (χ3n) is 14.0. The number of methoxy groups -OCH3 is 1. The number of nitrogens with zero attached hydrogens (tertiary/aromatic N) is 7. The highest BCUT2D eigenvalue weighted by Crippen LogP contribution is 2.42. The number of aromatic nitrogens is 2. The second kappa shape index (κ2) is 20.3. The van der Waals surface area contributed by atoms with E-state index in [0.29, 0.717) is 58.3 Å². The Morgan fingerprint density at radius 2 is 1.91 bits per heavy atom. The molecular weight excluding hydrogens is 839 g/mol. The lowest BCUT2D eigenvalue weighted by Crippen LogP contribution is -2.60. The molecule has 3 fully saturated rings. The Morgan fingerprint density at radius 3 is 2.65 bits per heavy atom. The van der Waals surface area contributed by atoms with Crippen LogP contribution in [0.25, 0.3) is 22.2 Å². The number of hydrogen-bond acceptors (Lipinski definition) is 10. The third-order valence-corrected chi connectivity index (χ3v) is 14.0. The molecule has 16 heteroatoms. The number of amides is 3. The molecule has 3 aromatic rings. The van der Waals surface area contributed by atoms with Crippen LogP contribution in [0.15, 0.2) is 49.2 Å². The molecule has 3 saturated heterocycles. The molecule has 0 radical (unpaired) electrons. The highest BCUT2D eigenvalue weighted by Gasteiger charge is 2.41. The summed E-state index contributed by atoms with van der Waals surface area (Å²) in [6, 6.07) is 8.86. The van der Waals surface area contributed by atoms with Crippen molar-refractivity contribution in [2.75, 3.05) is 64.9 Å². The van der Waals surface area contributed by atoms with E-state index < -0.39 is 34.9 Å². The van der Waals surface area contributed by atoms with Gasteiger partial charge in [0, 0.05) is 86.4 Å². The van der Waals surface area contributed by atoms with Crippen LogP contribution >= 0.6 is 0 Å². The van der Waals surface area contributed by atoms with Crippen molar-refractivity contribution in [1.82, 2.24) is 35.2 Å². The van der Waals surface area contributed by atoms with E-state index in [0.717, 1.165) is 64.3 Å². The average Bonchev–Trinajstić information content (AvgIpc) is 3.92. The fourth-order valence-corrected chi connectivity index (χ4v) is 10.7. The smallest absolute Gasteiger partial charge is 0.324 e. The van der Waals surface area contributed by atoms with Gasteiger partial charge in [0.05, 0.1) is 49.1 Å². The maximum absolute atomic E-state index is 14.6. The topological polar surface area (TPSA) is 162 Å². The molecule has 2 aromatic heterocycles. The van der Waals surface area contributed by atoms with Crippen molar-refractivity contribution in [3.8, 4) is 11.3 Å². The summed E-state index contributed by atoms with van der Waals surface area (Å²) in [6.45, 7) is 19.8. The van der Waals surface area contributed by atoms with Gasteiger partial charge in [-0.3, -0.25) is 29.2 Å². The maximum Gasteiger partial charge on any atom is 0.324 e. The van der Waals surface area contributed by atoms with Gasteiger partial charge in [-0.2, -0.15) is 0 Å². The number of ether oxygens (including phenoxy) is 2.